The lowest BCUT2D eigenvalue weighted by Gasteiger charge is -2.06. The van der Waals surface area contributed by atoms with Gasteiger partial charge in [-0.15, -0.1) is 10.2 Å². The van der Waals surface area contributed by atoms with E-state index in [1.165, 1.54) is 19.1 Å². The Morgan fingerprint density at radius 1 is 1.04 bits per heavy atom. The van der Waals surface area contributed by atoms with Gasteiger partial charge in [-0.3, -0.25) is 4.79 Å². The Morgan fingerprint density at radius 2 is 1.69 bits per heavy atom. The van der Waals surface area contributed by atoms with Crippen LogP contribution in [0.2, 0.25) is 0 Å². The third-order valence-electron chi connectivity index (χ3n) is 3.31. The number of aryl methyl sites for hydroxylation is 1. The molecule has 2 heterocycles. The van der Waals surface area contributed by atoms with Crippen molar-refractivity contribution in [2.45, 2.75) is 27.7 Å². The van der Waals surface area contributed by atoms with Crippen LogP contribution in [0, 0.1) is 6.92 Å². The minimum absolute atomic E-state index is 0.00637. The number of nitrogens with zero attached hydrogens (tertiary/aromatic N) is 2. The van der Waals surface area contributed by atoms with Gasteiger partial charge in [-0.05, 0) is 39.8 Å². The predicted molar refractivity (Wildman–Crippen MR) is 90.7 cm³/mol. The third-order valence-corrected chi connectivity index (χ3v) is 3.31. The van der Waals surface area contributed by atoms with E-state index in [1.807, 2.05) is 0 Å². The average Bonchev–Trinajstić information content (AvgIpc) is 2.92. The first kappa shape index (κ1) is 19.1. The smallest absolute Gasteiger partial charge is 0.358 e. The van der Waals surface area contributed by atoms with Crippen LogP contribution in [0.4, 0.5) is 11.7 Å². The second-order valence-corrected chi connectivity index (χ2v) is 5.16. The lowest BCUT2D eigenvalue weighted by molar-refractivity contribution is 0.0512. The summed E-state index contributed by atoms with van der Waals surface area (Å²) in [4.78, 5) is 35.7. The fraction of sp³-hybridized carbons (Fsp3) is 0.353. The summed E-state index contributed by atoms with van der Waals surface area (Å²) in [6.45, 7) is 6.62. The molecule has 0 bridgehead atoms. The van der Waals surface area contributed by atoms with Crippen molar-refractivity contribution >= 4 is 29.4 Å². The van der Waals surface area contributed by atoms with Gasteiger partial charge in [-0.25, -0.2) is 9.59 Å². The molecule has 9 heteroatoms. The largest absolute Gasteiger partial charge is 0.462 e. The quantitative estimate of drug-likeness (QED) is 0.586. The number of furan rings is 1. The number of hydrogen-bond donors (Lipinski definition) is 1. The van der Waals surface area contributed by atoms with E-state index in [2.05, 4.69) is 15.5 Å². The van der Waals surface area contributed by atoms with Gasteiger partial charge in [0.25, 0.3) is 0 Å². The number of hydrogen-bond acceptors (Lipinski definition) is 9. The van der Waals surface area contributed by atoms with Crippen LogP contribution in [0.1, 0.15) is 57.7 Å². The van der Waals surface area contributed by atoms with Gasteiger partial charge in [-0.2, -0.15) is 0 Å². The van der Waals surface area contributed by atoms with Crippen molar-refractivity contribution in [1.82, 2.24) is 10.2 Å². The number of ether oxygens (including phenoxy) is 2. The zero-order chi connectivity index (χ0) is 19.3. The summed E-state index contributed by atoms with van der Waals surface area (Å²) in [7, 11) is 0. The highest BCUT2D eigenvalue weighted by Gasteiger charge is 2.28. The van der Waals surface area contributed by atoms with E-state index in [1.54, 1.807) is 20.8 Å². The Kier molecular flexibility index (Phi) is 6.05. The van der Waals surface area contributed by atoms with Crippen molar-refractivity contribution in [2.75, 3.05) is 18.5 Å². The van der Waals surface area contributed by atoms with Crippen LogP contribution in [-0.4, -0.2) is 41.1 Å². The van der Waals surface area contributed by atoms with Crippen molar-refractivity contribution in [1.29, 1.82) is 0 Å². The SMILES string of the molecule is CCOC(=O)c1ccc(Nc2oc(C)c(C(C)=O)c2C(=O)OCC)nn1. The summed E-state index contributed by atoms with van der Waals surface area (Å²) < 4.78 is 15.3. The Bertz CT molecular complexity index is 826. The van der Waals surface area contributed by atoms with Gasteiger partial charge >= 0.3 is 11.9 Å². The molecule has 0 saturated carbocycles. The Morgan fingerprint density at radius 3 is 2.23 bits per heavy atom. The molecule has 0 aromatic carbocycles. The van der Waals surface area contributed by atoms with Gasteiger partial charge in [0.1, 0.15) is 11.3 Å². The molecule has 0 aliphatic heterocycles. The summed E-state index contributed by atoms with van der Waals surface area (Å²) in [5.41, 5.74) is 0.179. The molecule has 9 nitrogen and oxygen atoms in total. The molecular formula is C17H19N3O6. The van der Waals surface area contributed by atoms with Crippen molar-refractivity contribution in [2.24, 2.45) is 0 Å². The normalized spacial score (nSPS) is 10.3. The molecule has 26 heavy (non-hydrogen) atoms. The summed E-state index contributed by atoms with van der Waals surface area (Å²) in [6.07, 6.45) is 0. The lowest BCUT2D eigenvalue weighted by Crippen LogP contribution is -2.12. The zero-order valence-corrected chi connectivity index (χ0v) is 14.9. The number of aromatic nitrogens is 2. The van der Waals surface area contributed by atoms with Crippen LogP contribution in [0.3, 0.4) is 0 Å². The number of anilines is 2. The summed E-state index contributed by atoms with van der Waals surface area (Å²) >= 11 is 0. The van der Waals surface area contributed by atoms with Crippen LogP contribution in [0.25, 0.3) is 0 Å². The molecule has 0 unspecified atom stereocenters. The fourth-order valence-electron chi connectivity index (χ4n) is 2.28. The van der Waals surface area contributed by atoms with Gasteiger partial charge in [-0.1, -0.05) is 0 Å². The molecule has 0 atom stereocenters. The number of nitrogens with one attached hydrogen (secondary N) is 1. The standard InChI is InChI=1S/C17H19N3O6/c1-5-24-16(22)11-7-8-12(20-19-11)18-15-14(17(23)25-6-2)13(9(3)21)10(4)26-15/h7-8H,5-6H2,1-4H3,(H,18,20). The van der Waals surface area contributed by atoms with Gasteiger partial charge in [0.2, 0.25) is 5.88 Å². The molecule has 2 aromatic rings. The molecule has 1 N–H and O–H groups in total. The maximum Gasteiger partial charge on any atom is 0.358 e. The highest BCUT2D eigenvalue weighted by molar-refractivity contribution is 6.09. The van der Waals surface area contributed by atoms with Crippen LogP contribution in [0.15, 0.2) is 16.5 Å². The van der Waals surface area contributed by atoms with Crippen molar-refractivity contribution in [3.05, 3.63) is 34.7 Å². The topological polar surface area (TPSA) is 121 Å². The molecule has 0 spiro atoms. The molecule has 0 fully saturated rings. The molecule has 2 rings (SSSR count). The summed E-state index contributed by atoms with van der Waals surface area (Å²) in [5.74, 6) is -1.10. The second-order valence-electron chi connectivity index (χ2n) is 5.16. The van der Waals surface area contributed by atoms with E-state index in [0.29, 0.717) is 0 Å². The summed E-state index contributed by atoms with van der Waals surface area (Å²) in [6, 6.07) is 2.89. The van der Waals surface area contributed by atoms with E-state index in [0.717, 1.165) is 0 Å². The van der Waals surface area contributed by atoms with E-state index in [9.17, 15) is 14.4 Å². The first-order chi connectivity index (χ1) is 12.4. The Balaban J connectivity index is 2.34. The van der Waals surface area contributed by atoms with Gasteiger partial charge in [0.05, 0.1) is 18.8 Å². The molecule has 0 aliphatic rings. The van der Waals surface area contributed by atoms with E-state index in [4.69, 9.17) is 13.9 Å². The van der Waals surface area contributed by atoms with Crippen molar-refractivity contribution < 1.29 is 28.3 Å². The van der Waals surface area contributed by atoms with Crippen molar-refractivity contribution in [3.63, 3.8) is 0 Å². The lowest BCUT2D eigenvalue weighted by atomic mass is 10.1. The highest BCUT2D eigenvalue weighted by Crippen LogP contribution is 2.30. The molecule has 0 aliphatic carbocycles. The maximum absolute atomic E-state index is 12.2. The summed E-state index contributed by atoms with van der Waals surface area (Å²) in [5, 5.41) is 10.4. The second kappa shape index (κ2) is 8.24. The molecule has 0 amide bonds. The predicted octanol–water partition coefficient (Wildman–Crippen LogP) is 2.68. The fourth-order valence-corrected chi connectivity index (χ4v) is 2.28. The number of Topliss-reactive ketones (excluding diaryl/α,β-unsaturated/α-hetero) is 1. The molecule has 0 saturated heterocycles. The molecule has 2 aromatic heterocycles. The monoisotopic (exact) mass is 361 g/mol. The average molecular weight is 361 g/mol. The Hall–Kier alpha value is -3.23. The first-order valence-corrected chi connectivity index (χ1v) is 7.98. The molecule has 0 radical (unpaired) electrons. The number of carbonyl (C=O) groups excluding carboxylic acids is 3. The zero-order valence-electron chi connectivity index (χ0n) is 14.9. The number of rotatable bonds is 7. The minimum atomic E-state index is -0.687. The van der Waals surface area contributed by atoms with Crippen LogP contribution < -0.4 is 5.32 Å². The highest BCUT2D eigenvalue weighted by atomic mass is 16.5. The third kappa shape index (κ3) is 4.05. The molecular weight excluding hydrogens is 342 g/mol. The number of ketones is 1. The maximum atomic E-state index is 12.2. The van der Waals surface area contributed by atoms with E-state index >= 15 is 0 Å². The Labute approximate surface area is 149 Å². The van der Waals surface area contributed by atoms with E-state index in [-0.39, 0.29) is 53.3 Å². The molecule has 138 valence electrons. The minimum Gasteiger partial charge on any atom is -0.462 e. The van der Waals surface area contributed by atoms with Crippen LogP contribution >= 0.6 is 0 Å². The first-order valence-electron chi connectivity index (χ1n) is 7.98. The van der Waals surface area contributed by atoms with Crippen LogP contribution in [0.5, 0.6) is 0 Å². The van der Waals surface area contributed by atoms with Gasteiger partial charge < -0.3 is 19.2 Å². The van der Waals surface area contributed by atoms with Gasteiger partial charge in [0, 0.05) is 0 Å². The van der Waals surface area contributed by atoms with Crippen molar-refractivity contribution in [3.8, 4) is 0 Å². The number of carbonyl (C=O) groups is 3. The van der Waals surface area contributed by atoms with Crippen LogP contribution in [-0.2, 0) is 9.47 Å². The number of esters is 2. The van der Waals surface area contributed by atoms with Gasteiger partial charge in [0.15, 0.2) is 17.3 Å². The van der Waals surface area contributed by atoms with E-state index < -0.39 is 11.9 Å².